The lowest BCUT2D eigenvalue weighted by molar-refractivity contribution is -0.135. The summed E-state index contributed by atoms with van der Waals surface area (Å²) in [5.41, 5.74) is 12.3. The zero-order chi connectivity index (χ0) is 41.0. The molecule has 13 heteroatoms. The summed E-state index contributed by atoms with van der Waals surface area (Å²) in [5.74, 6) is 7.88. The van der Waals surface area contributed by atoms with Gasteiger partial charge in [-0.3, -0.25) is 9.59 Å². The number of rotatable bonds is 9. The lowest BCUT2D eigenvalue weighted by Crippen LogP contribution is -2.47. The molecule has 13 nitrogen and oxygen atoms in total. The first-order chi connectivity index (χ1) is 28.6. The number of nitrogens with one attached hydrogen (secondary N) is 3. The van der Waals surface area contributed by atoms with Gasteiger partial charge < -0.3 is 40.8 Å². The Morgan fingerprint density at radius 2 is 1.27 bits per heavy atom. The fraction of sp³-hybridized carbons (Fsp3) is 0.370. The molecular formula is C46H51N9O4. The first-order valence-corrected chi connectivity index (χ1v) is 20.6. The van der Waals surface area contributed by atoms with Gasteiger partial charge in [-0.2, -0.15) is 0 Å². The summed E-state index contributed by atoms with van der Waals surface area (Å²) in [5, 5.41) is 12.9. The highest BCUT2D eigenvalue weighted by Crippen LogP contribution is 2.35. The smallest absolute Gasteiger partial charge is 0.318 e. The third-order valence-corrected chi connectivity index (χ3v) is 11.7. The zero-order valence-corrected chi connectivity index (χ0v) is 33.5. The highest BCUT2D eigenvalue weighted by atomic mass is 16.3. The van der Waals surface area contributed by atoms with Crippen LogP contribution in [0.2, 0.25) is 0 Å². The minimum atomic E-state index is -0.866. The van der Waals surface area contributed by atoms with Gasteiger partial charge in [-0.05, 0) is 79.0 Å². The van der Waals surface area contributed by atoms with Crippen LogP contribution in [0.25, 0.3) is 22.5 Å². The maximum atomic E-state index is 14.2. The molecule has 2 aromatic heterocycles. The van der Waals surface area contributed by atoms with Crippen LogP contribution in [0.1, 0.15) is 92.4 Å². The highest BCUT2D eigenvalue weighted by molar-refractivity contribution is 5.89. The lowest BCUT2D eigenvalue weighted by atomic mass is 10.0. The van der Waals surface area contributed by atoms with Crippen LogP contribution in [0.3, 0.4) is 0 Å². The lowest BCUT2D eigenvalue weighted by Gasteiger charge is -2.30. The molecule has 0 saturated carbocycles. The number of benzene rings is 3. The van der Waals surface area contributed by atoms with Crippen molar-refractivity contribution in [2.24, 2.45) is 11.7 Å². The number of nitrogens with zero attached hydrogens (tertiary/aromatic N) is 5. The molecule has 0 radical (unpaired) electrons. The number of nitrogens with two attached hydrogens (primary N) is 1. The number of aliphatic hydroxyl groups is 1. The van der Waals surface area contributed by atoms with E-state index in [1.54, 1.807) is 11.1 Å². The summed E-state index contributed by atoms with van der Waals surface area (Å²) in [6, 6.07) is 23.2. The SMILES string of the molecule is CC(C)[C@H](N)C(=O)N1CCC[C@H]1c1ncc(-c2ccc(C#Cc3ccc(-c4cnc([C@@H]5CCCN5C(=O)[C@H](NC(=O)N5CC[C@@H](O)C5)c5ccccc5)[nH]4)cc3)cc2)[nH]1. The van der Waals surface area contributed by atoms with Crippen molar-refractivity contribution >= 4 is 17.8 Å². The highest BCUT2D eigenvalue weighted by Gasteiger charge is 2.38. The fourth-order valence-corrected chi connectivity index (χ4v) is 8.26. The Kier molecular flexibility index (Phi) is 11.6. The van der Waals surface area contributed by atoms with Crippen LogP contribution in [0.4, 0.5) is 4.79 Å². The number of carbonyl (C=O) groups is 3. The van der Waals surface area contributed by atoms with Crippen molar-refractivity contribution in [3.63, 3.8) is 0 Å². The van der Waals surface area contributed by atoms with E-state index in [4.69, 9.17) is 10.7 Å². The van der Waals surface area contributed by atoms with Crippen LogP contribution < -0.4 is 11.1 Å². The molecule has 3 saturated heterocycles. The Morgan fingerprint density at radius 1 is 0.746 bits per heavy atom. The van der Waals surface area contributed by atoms with E-state index < -0.39 is 18.2 Å². The molecule has 0 bridgehead atoms. The maximum absolute atomic E-state index is 14.2. The fourth-order valence-electron chi connectivity index (χ4n) is 8.26. The Bertz CT molecular complexity index is 2330. The van der Waals surface area contributed by atoms with Crippen molar-refractivity contribution in [2.75, 3.05) is 26.2 Å². The molecule has 4 amide bonds. The summed E-state index contributed by atoms with van der Waals surface area (Å²) in [6.07, 6.45) is 6.93. The second kappa shape index (κ2) is 17.3. The second-order valence-corrected chi connectivity index (χ2v) is 16.1. The molecule has 5 atom stereocenters. The van der Waals surface area contributed by atoms with Crippen molar-refractivity contribution < 1.29 is 19.5 Å². The van der Waals surface area contributed by atoms with E-state index in [1.807, 2.05) is 109 Å². The topological polar surface area (TPSA) is 177 Å². The zero-order valence-electron chi connectivity index (χ0n) is 33.5. The van der Waals surface area contributed by atoms with Crippen molar-refractivity contribution in [3.8, 4) is 34.4 Å². The van der Waals surface area contributed by atoms with Gasteiger partial charge in [-0.1, -0.05) is 80.3 Å². The molecule has 0 unspecified atom stereocenters. The predicted molar refractivity (Wildman–Crippen MR) is 224 cm³/mol. The van der Waals surface area contributed by atoms with Crippen molar-refractivity contribution in [1.82, 2.24) is 40.0 Å². The predicted octanol–water partition coefficient (Wildman–Crippen LogP) is 5.69. The summed E-state index contributed by atoms with van der Waals surface area (Å²) < 4.78 is 0. The average molecular weight is 794 g/mol. The van der Waals surface area contributed by atoms with Gasteiger partial charge in [0.2, 0.25) is 11.8 Å². The molecule has 3 aliphatic rings. The van der Waals surface area contributed by atoms with Gasteiger partial charge >= 0.3 is 6.03 Å². The molecule has 0 aliphatic carbocycles. The van der Waals surface area contributed by atoms with Crippen LogP contribution in [-0.2, 0) is 9.59 Å². The van der Waals surface area contributed by atoms with Crippen molar-refractivity contribution in [2.45, 2.75) is 76.2 Å². The first kappa shape index (κ1) is 39.6. The van der Waals surface area contributed by atoms with Crippen LogP contribution in [-0.4, -0.2) is 95.9 Å². The largest absolute Gasteiger partial charge is 0.391 e. The number of amides is 4. The van der Waals surface area contributed by atoms with Crippen LogP contribution >= 0.6 is 0 Å². The molecule has 6 N–H and O–H groups in total. The molecule has 5 heterocycles. The quantitative estimate of drug-likeness (QED) is 0.119. The van der Waals surface area contributed by atoms with Gasteiger partial charge in [0.15, 0.2) is 0 Å². The summed E-state index contributed by atoms with van der Waals surface area (Å²) in [4.78, 5) is 61.9. The molecule has 304 valence electrons. The maximum Gasteiger partial charge on any atom is 0.318 e. The van der Waals surface area contributed by atoms with E-state index in [-0.39, 0.29) is 42.4 Å². The first-order valence-electron chi connectivity index (χ1n) is 20.6. The summed E-state index contributed by atoms with van der Waals surface area (Å²) >= 11 is 0. The third-order valence-electron chi connectivity index (χ3n) is 11.7. The monoisotopic (exact) mass is 793 g/mol. The van der Waals surface area contributed by atoms with Gasteiger partial charge in [0.05, 0.1) is 48.0 Å². The average Bonchev–Trinajstić information content (AvgIpc) is 4.12. The Morgan fingerprint density at radius 3 is 1.76 bits per heavy atom. The van der Waals surface area contributed by atoms with E-state index >= 15 is 0 Å². The Labute approximate surface area is 344 Å². The molecule has 3 aliphatic heterocycles. The van der Waals surface area contributed by atoms with E-state index in [0.717, 1.165) is 65.1 Å². The van der Waals surface area contributed by atoms with Crippen LogP contribution in [0, 0.1) is 17.8 Å². The minimum absolute atomic E-state index is 0.0198. The number of hydrogen-bond donors (Lipinski definition) is 5. The van der Waals surface area contributed by atoms with Gasteiger partial charge in [0, 0.05) is 37.3 Å². The summed E-state index contributed by atoms with van der Waals surface area (Å²) in [6.45, 7) is 5.88. The van der Waals surface area contributed by atoms with E-state index in [2.05, 4.69) is 32.1 Å². The Balaban J connectivity index is 0.902. The van der Waals surface area contributed by atoms with Crippen LogP contribution in [0.5, 0.6) is 0 Å². The second-order valence-electron chi connectivity index (χ2n) is 16.1. The van der Waals surface area contributed by atoms with E-state index in [0.29, 0.717) is 37.4 Å². The number of likely N-dealkylation sites (tertiary alicyclic amines) is 3. The molecule has 5 aromatic rings. The minimum Gasteiger partial charge on any atom is -0.391 e. The number of aromatic amines is 2. The molecular weight excluding hydrogens is 743 g/mol. The van der Waals surface area contributed by atoms with Crippen molar-refractivity contribution in [1.29, 1.82) is 0 Å². The number of carbonyl (C=O) groups excluding carboxylic acids is 3. The molecule has 0 spiro atoms. The number of imidazole rings is 2. The Hall–Kier alpha value is -6.23. The normalized spacial score (nSPS) is 20.1. The number of urea groups is 1. The number of β-amino-alcohol motifs (C(OH)–C–C–N with tert-alkyl or cyclic N) is 1. The third kappa shape index (κ3) is 8.65. The van der Waals surface area contributed by atoms with Gasteiger partial charge in [-0.15, -0.1) is 0 Å². The number of hydrogen-bond acceptors (Lipinski definition) is 7. The molecule has 3 aromatic carbocycles. The number of aromatic nitrogens is 4. The van der Waals surface area contributed by atoms with Gasteiger partial charge in [-0.25, -0.2) is 14.8 Å². The van der Waals surface area contributed by atoms with Gasteiger partial charge in [0.1, 0.15) is 17.7 Å². The van der Waals surface area contributed by atoms with Crippen molar-refractivity contribution in [3.05, 3.63) is 120 Å². The number of H-pyrrole nitrogens is 2. The summed E-state index contributed by atoms with van der Waals surface area (Å²) in [7, 11) is 0. The van der Waals surface area contributed by atoms with Gasteiger partial charge in [0.25, 0.3) is 0 Å². The number of aliphatic hydroxyl groups excluding tert-OH is 1. The molecule has 3 fully saturated rings. The van der Waals surface area contributed by atoms with Crippen LogP contribution in [0.15, 0.2) is 91.3 Å². The standard InChI is InChI=1S/C46H51N9O4/c1-29(2)40(47)44(57)54-23-6-10-38(54)42-48-26-36(50-42)32-18-14-30(15-19-32)12-13-31-16-20-33(21-17-31)37-27-49-43(51-37)39-11-7-24-55(39)45(58)41(34-8-4-3-5-9-34)52-46(59)53-25-22-35(56)28-53/h3-5,8-9,14-21,26-27,29,35,38-41,56H,6-7,10-11,22-25,28,47H2,1-2H3,(H,48,50)(H,49,51)(H,52,59)/t35-,38+,39+,40+,41-/m1/s1. The van der Waals surface area contributed by atoms with E-state index in [1.165, 1.54) is 0 Å². The molecule has 59 heavy (non-hydrogen) atoms. The van der Waals surface area contributed by atoms with E-state index in [9.17, 15) is 19.5 Å². The molecule has 8 rings (SSSR count).